The Labute approximate surface area is 199 Å². The van der Waals surface area contributed by atoms with Gasteiger partial charge in [0.1, 0.15) is 0 Å². The molecule has 0 saturated carbocycles. The first-order chi connectivity index (χ1) is 15.9. The zero-order valence-electron chi connectivity index (χ0n) is 18.9. The molecule has 33 heavy (non-hydrogen) atoms. The summed E-state index contributed by atoms with van der Waals surface area (Å²) >= 11 is 6.04. The van der Waals surface area contributed by atoms with Gasteiger partial charge in [-0.25, -0.2) is 9.59 Å². The second-order valence-corrected chi connectivity index (χ2v) is 8.73. The predicted molar refractivity (Wildman–Crippen MR) is 129 cm³/mol. The number of aryl methyl sites for hydroxylation is 1. The lowest BCUT2D eigenvalue weighted by Crippen LogP contribution is -2.51. The van der Waals surface area contributed by atoms with Crippen molar-refractivity contribution >= 4 is 29.3 Å². The van der Waals surface area contributed by atoms with Crippen molar-refractivity contribution in [3.05, 3.63) is 76.0 Å². The van der Waals surface area contributed by atoms with E-state index in [1.54, 1.807) is 19.1 Å². The predicted octanol–water partition coefficient (Wildman–Crippen LogP) is 3.64. The molecule has 4 rings (SSSR count). The molecule has 8 heteroatoms. The Morgan fingerprint density at radius 2 is 1.73 bits per heavy atom. The number of benzene rings is 2. The number of anilines is 1. The molecule has 0 aromatic heterocycles. The van der Waals surface area contributed by atoms with Gasteiger partial charge in [-0.3, -0.25) is 4.90 Å². The number of amides is 2. The summed E-state index contributed by atoms with van der Waals surface area (Å²) in [7, 11) is 0. The van der Waals surface area contributed by atoms with E-state index in [9.17, 15) is 9.59 Å². The molecule has 2 heterocycles. The highest BCUT2D eigenvalue weighted by molar-refractivity contribution is 6.30. The Morgan fingerprint density at radius 1 is 1.06 bits per heavy atom. The van der Waals surface area contributed by atoms with E-state index in [2.05, 4.69) is 51.6 Å². The molecule has 2 aromatic carbocycles. The summed E-state index contributed by atoms with van der Waals surface area (Å²) in [6.07, 6.45) is 0. The molecule has 2 N–H and O–H groups in total. The molecule has 0 spiro atoms. The van der Waals surface area contributed by atoms with Gasteiger partial charge in [0.05, 0.1) is 18.2 Å². The Hall–Kier alpha value is -3.03. The number of piperazine rings is 1. The van der Waals surface area contributed by atoms with Crippen LogP contribution in [0.4, 0.5) is 10.5 Å². The van der Waals surface area contributed by atoms with Crippen molar-refractivity contribution in [2.45, 2.75) is 19.9 Å². The lowest BCUT2D eigenvalue weighted by atomic mass is 9.95. The number of hydrogen-bond donors (Lipinski definition) is 2. The molecule has 0 unspecified atom stereocenters. The lowest BCUT2D eigenvalue weighted by molar-refractivity contribution is -0.139. The Balaban J connectivity index is 1.54. The van der Waals surface area contributed by atoms with Crippen molar-refractivity contribution in [3.8, 4) is 0 Å². The number of nitrogens with zero attached hydrogens (tertiary/aromatic N) is 2. The van der Waals surface area contributed by atoms with Crippen LogP contribution in [0.3, 0.4) is 0 Å². The van der Waals surface area contributed by atoms with Crippen LogP contribution in [-0.4, -0.2) is 56.2 Å². The van der Waals surface area contributed by atoms with E-state index in [0.717, 1.165) is 31.7 Å². The van der Waals surface area contributed by atoms with E-state index in [1.165, 1.54) is 11.3 Å². The number of rotatable bonds is 6. The fourth-order valence-corrected chi connectivity index (χ4v) is 4.37. The number of ether oxygens (including phenoxy) is 1. The highest BCUT2D eigenvalue weighted by Crippen LogP contribution is 2.29. The van der Waals surface area contributed by atoms with Crippen LogP contribution in [0, 0.1) is 6.92 Å². The van der Waals surface area contributed by atoms with Crippen LogP contribution in [0.5, 0.6) is 0 Å². The minimum absolute atomic E-state index is 0.256. The van der Waals surface area contributed by atoms with E-state index < -0.39 is 12.0 Å². The molecule has 2 amide bonds. The summed E-state index contributed by atoms with van der Waals surface area (Å²) in [6, 6.07) is 14.7. The molecule has 2 aliphatic heterocycles. The molecule has 7 nitrogen and oxygen atoms in total. The maximum Gasteiger partial charge on any atom is 0.338 e. The van der Waals surface area contributed by atoms with Crippen molar-refractivity contribution in [3.63, 3.8) is 0 Å². The van der Waals surface area contributed by atoms with Crippen molar-refractivity contribution in [1.82, 2.24) is 15.5 Å². The van der Waals surface area contributed by atoms with Gasteiger partial charge in [-0.1, -0.05) is 41.4 Å². The number of carbonyl (C=O) groups is 2. The fourth-order valence-electron chi connectivity index (χ4n) is 4.24. The zero-order chi connectivity index (χ0) is 23.4. The number of halogens is 1. The van der Waals surface area contributed by atoms with E-state index in [-0.39, 0.29) is 12.6 Å². The van der Waals surface area contributed by atoms with Crippen LogP contribution >= 0.6 is 11.6 Å². The quantitative estimate of drug-likeness (QED) is 0.633. The molecule has 2 aliphatic rings. The molecule has 2 aromatic rings. The molecular formula is C25H29ClN4O3. The van der Waals surface area contributed by atoms with E-state index >= 15 is 0 Å². The van der Waals surface area contributed by atoms with Gasteiger partial charge >= 0.3 is 12.0 Å². The number of nitrogens with one attached hydrogen (secondary N) is 2. The van der Waals surface area contributed by atoms with Gasteiger partial charge in [0.2, 0.25) is 0 Å². The molecule has 0 bridgehead atoms. The van der Waals surface area contributed by atoms with E-state index in [1.807, 2.05) is 12.1 Å². The van der Waals surface area contributed by atoms with Crippen LogP contribution in [0.1, 0.15) is 24.1 Å². The van der Waals surface area contributed by atoms with Gasteiger partial charge in [-0.05, 0) is 43.7 Å². The van der Waals surface area contributed by atoms with Gasteiger partial charge in [-0.2, -0.15) is 0 Å². The van der Waals surface area contributed by atoms with Crippen LogP contribution < -0.4 is 15.5 Å². The number of esters is 1. The highest BCUT2D eigenvalue weighted by atomic mass is 35.5. The third-order valence-corrected chi connectivity index (χ3v) is 6.26. The van der Waals surface area contributed by atoms with Gasteiger partial charge < -0.3 is 20.3 Å². The smallest absolute Gasteiger partial charge is 0.338 e. The number of urea groups is 1. The summed E-state index contributed by atoms with van der Waals surface area (Å²) in [5.41, 5.74) is 4.25. The summed E-state index contributed by atoms with van der Waals surface area (Å²) in [5, 5.41) is 6.31. The minimum Gasteiger partial charge on any atom is -0.463 e. The van der Waals surface area contributed by atoms with Crippen LogP contribution in [-0.2, 0) is 9.53 Å². The first-order valence-electron chi connectivity index (χ1n) is 11.2. The van der Waals surface area contributed by atoms with Crippen molar-refractivity contribution < 1.29 is 14.3 Å². The topological polar surface area (TPSA) is 73.9 Å². The normalized spacial score (nSPS) is 19.2. The number of carbonyl (C=O) groups excluding carboxylic acids is 2. The molecule has 1 fully saturated rings. The highest BCUT2D eigenvalue weighted by Gasteiger charge is 2.34. The maximum absolute atomic E-state index is 12.9. The lowest BCUT2D eigenvalue weighted by Gasteiger charge is -2.38. The Morgan fingerprint density at radius 3 is 2.36 bits per heavy atom. The third kappa shape index (κ3) is 5.49. The summed E-state index contributed by atoms with van der Waals surface area (Å²) in [6.45, 7) is 7.97. The van der Waals surface area contributed by atoms with E-state index in [4.69, 9.17) is 16.3 Å². The molecule has 0 radical (unpaired) electrons. The van der Waals surface area contributed by atoms with Crippen molar-refractivity contribution in [2.75, 3.05) is 44.2 Å². The van der Waals surface area contributed by atoms with Crippen LogP contribution in [0.25, 0.3) is 0 Å². The minimum atomic E-state index is -0.598. The van der Waals surface area contributed by atoms with Crippen molar-refractivity contribution in [1.29, 1.82) is 0 Å². The third-order valence-electron chi connectivity index (χ3n) is 6.01. The van der Waals surface area contributed by atoms with Gasteiger partial charge in [0.25, 0.3) is 0 Å². The first-order valence-corrected chi connectivity index (χ1v) is 11.6. The summed E-state index contributed by atoms with van der Waals surface area (Å²) in [4.78, 5) is 30.1. The summed E-state index contributed by atoms with van der Waals surface area (Å²) < 4.78 is 5.36. The maximum atomic E-state index is 12.9. The molecular weight excluding hydrogens is 440 g/mol. The second-order valence-electron chi connectivity index (χ2n) is 8.29. The van der Waals surface area contributed by atoms with Crippen LogP contribution in [0.15, 0.2) is 59.8 Å². The van der Waals surface area contributed by atoms with E-state index in [0.29, 0.717) is 22.8 Å². The van der Waals surface area contributed by atoms with Gasteiger partial charge in [-0.15, -0.1) is 0 Å². The standard InChI is InChI=1S/C25H29ClN4O3/c1-3-33-24(31)22-21(27-25(32)28-23(22)18-6-8-19(26)9-7-18)16-29-12-14-30(15-13-29)20-10-4-17(2)5-11-20/h4-11,23H,3,12-16H2,1-2H3,(H2,27,28,32)/t23-/m1/s1. The Kier molecular flexibility index (Phi) is 7.20. The molecule has 1 atom stereocenters. The van der Waals surface area contributed by atoms with Crippen LogP contribution in [0.2, 0.25) is 5.02 Å². The first kappa shape index (κ1) is 23.1. The molecule has 174 valence electrons. The van der Waals surface area contributed by atoms with Gasteiger partial charge in [0, 0.05) is 49.1 Å². The average Bonchev–Trinajstić information content (AvgIpc) is 2.80. The van der Waals surface area contributed by atoms with Crippen molar-refractivity contribution in [2.24, 2.45) is 0 Å². The SMILES string of the molecule is CCOC(=O)C1=C(CN2CCN(c3ccc(C)cc3)CC2)NC(=O)N[C@@H]1c1ccc(Cl)cc1. The second kappa shape index (κ2) is 10.3. The molecule has 0 aliphatic carbocycles. The largest absolute Gasteiger partial charge is 0.463 e. The molecule has 1 saturated heterocycles. The fraction of sp³-hybridized carbons (Fsp3) is 0.360. The number of hydrogen-bond acceptors (Lipinski definition) is 5. The monoisotopic (exact) mass is 468 g/mol. The zero-order valence-corrected chi connectivity index (χ0v) is 19.7. The summed E-state index contributed by atoms with van der Waals surface area (Å²) in [5.74, 6) is -0.432. The van der Waals surface area contributed by atoms with Gasteiger partial charge in [0.15, 0.2) is 0 Å². The average molecular weight is 469 g/mol. The Bertz CT molecular complexity index is 1030.